The molecule has 2 aromatic rings. The minimum Gasteiger partial charge on any atom is -0.379 e. The highest BCUT2D eigenvalue weighted by Crippen LogP contribution is 2.31. The second kappa shape index (κ2) is 29.4. The van der Waals surface area contributed by atoms with Gasteiger partial charge < -0.3 is 51.2 Å². The predicted molar refractivity (Wildman–Crippen MR) is 271 cm³/mol. The number of nitrogens with zero attached hydrogens (tertiary/aromatic N) is 4. The summed E-state index contributed by atoms with van der Waals surface area (Å²) in [6.45, 7) is 14.9. The molecular weight excluding hydrogens is 915 g/mol. The van der Waals surface area contributed by atoms with Gasteiger partial charge in [0.25, 0.3) is 0 Å². The van der Waals surface area contributed by atoms with E-state index in [-0.39, 0.29) is 59.9 Å². The average molecular weight is 998 g/mol. The summed E-state index contributed by atoms with van der Waals surface area (Å²) in [5.74, 6) is -4.24. The molecule has 18 nitrogen and oxygen atoms in total. The highest BCUT2D eigenvalue weighted by Gasteiger charge is 2.44. The lowest BCUT2D eigenvalue weighted by Crippen LogP contribution is -2.60. The molecule has 0 saturated carbocycles. The molecule has 1 unspecified atom stereocenters. The van der Waals surface area contributed by atoms with Gasteiger partial charge in [0.15, 0.2) is 0 Å². The Hall–Kier alpha value is -4.98. The molecule has 3 rings (SSSR count). The summed E-state index contributed by atoms with van der Waals surface area (Å²) >= 11 is 1.48. The van der Waals surface area contributed by atoms with Crippen molar-refractivity contribution in [2.75, 3.05) is 47.9 Å². The zero-order valence-electron chi connectivity index (χ0n) is 43.7. The van der Waals surface area contributed by atoms with Gasteiger partial charge in [0.05, 0.1) is 49.2 Å². The quantitative estimate of drug-likeness (QED) is 0.0735. The lowest BCUT2D eigenvalue weighted by molar-refractivity contribution is -0.148. The molecule has 10 atom stereocenters. The number of likely N-dealkylation sites (tertiary alicyclic amines) is 1. The van der Waals surface area contributed by atoms with Gasteiger partial charge in [-0.3, -0.25) is 33.6 Å². The van der Waals surface area contributed by atoms with Crippen LogP contribution in [-0.4, -0.2) is 151 Å². The molecule has 0 aliphatic carbocycles. The summed E-state index contributed by atoms with van der Waals surface area (Å²) in [5, 5.41) is 14.1. The first-order valence-corrected chi connectivity index (χ1v) is 25.8. The van der Waals surface area contributed by atoms with Gasteiger partial charge in [0.2, 0.25) is 41.4 Å². The van der Waals surface area contributed by atoms with Crippen LogP contribution in [0.25, 0.3) is 0 Å². The third-order valence-electron chi connectivity index (χ3n) is 13.6. The van der Waals surface area contributed by atoms with Gasteiger partial charge in [-0.15, -0.1) is 11.3 Å². The van der Waals surface area contributed by atoms with Crippen LogP contribution in [0.5, 0.6) is 0 Å². The molecule has 1 aromatic heterocycles. The van der Waals surface area contributed by atoms with Crippen molar-refractivity contribution in [1.29, 1.82) is 0 Å². The van der Waals surface area contributed by atoms with Crippen molar-refractivity contribution in [2.24, 2.45) is 29.4 Å². The fourth-order valence-corrected chi connectivity index (χ4v) is 10.2. The van der Waals surface area contributed by atoms with Gasteiger partial charge in [-0.25, -0.2) is 4.98 Å². The van der Waals surface area contributed by atoms with Gasteiger partial charge in [-0.1, -0.05) is 85.2 Å². The van der Waals surface area contributed by atoms with Crippen LogP contribution in [0.1, 0.15) is 117 Å². The molecule has 6 N–H and O–H groups in total. The van der Waals surface area contributed by atoms with E-state index in [9.17, 15) is 33.6 Å². The SMILES string of the molecule is CC[C@H](C)[C@@H]([C@@H](CC(=O)N1CCC[C@H]1[C@H](OC)[C@@H](C)C(=O)N[C@@H](Cc1ccccc1)c1nccs1)OC)N(C)C(=O)[C@@H](NC(=O)C(C(C)C)N(C)C(=O)CNC(=O)[C@H](CCCCN)NC(C)=O)C(C)C. The number of benzene rings is 1. The first-order chi connectivity index (χ1) is 33.2. The lowest BCUT2D eigenvalue weighted by atomic mass is 9.89. The standard InChI is InChI=1S/C51H83N9O9S/c1-13-33(6)45(59(10)51(67)43(31(2)3)57-49(66)44(32(4)5)58(9)42(63)30-54-48(65)37(55-35(8)61)22-17-18-24-52)40(68-11)29-41(62)60-26-19-23-39(60)46(69-12)34(7)47(64)56-38(50-53-25-27-70-50)28-36-20-15-14-16-21-36/h14-16,20-21,25,27,31-34,37-40,43-46H,13,17-19,22-24,26,28-30,52H2,1-12H3,(H,54,65)(H,55,61)(H,56,64)(H,57,66)/t33-,34+,37-,38-,39-,40+,43-,44?,45-,46+/m0/s1. The topological polar surface area (TPSA) is 235 Å². The molecule has 19 heteroatoms. The molecule has 2 heterocycles. The Morgan fingerprint density at radius 3 is 2.13 bits per heavy atom. The van der Waals surface area contributed by atoms with E-state index in [1.54, 1.807) is 44.0 Å². The fraction of sp³-hybridized carbons (Fsp3) is 0.686. The Morgan fingerprint density at radius 2 is 1.57 bits per heavy atom. The van der Waals surface area contributed by atoms with E-state index in [0.29, 0.717) is 51.6 Å². The Morgan fingerprint density at radius 1 is 0.886 bits per heavy atom. The first-order valence-electron chi connectivity index (χ1n) is 24.9. The summed E-state index contributed by atoms with van der Waals surface area (Å²) < 4.78 is 12.1. The van der Waals surface area contributed by atoms with Gasteiger partial charge >= 0.3 is 0 Å². The molecule has 1 aliphatic rings. The molecule has 392 valence electrons. The van der Waals surface area contributed by atoms with Gasteiger partial charge in [0.1, 0.15) is 23.1 Å². The highest BCUT2D eigenvalue weighted by atomic mass is 32.1. The van der Waals surface area contributed by atoms with E-state index in [1.807, 2.05) is 70.3 Å². The van der Waals surface area contributed by atoms with Crippen molar-refractivity contribution in [3.63, 3.8) is 0 Å². The summed E-state index contributed by atoms with van der Waals surface area (Å²) in [6, 6.07) is 5.77. The molecule has 0 bridgehead atoms. The molecule has 1 aliphatic heterocycles. The largest absolute Gasteiger partial charge is 0.379 e. The Kier molecular flexibility index (Phi) is 24.9. The third-order valence-corrected chi connectivity index (χ3v) is 14.5. The van der Waals surface area contributed by atoms with Crippen molar-refractivity contribution in [2.45, 2.75) is 155 Å². The van der Waals surface area contributed by atoms with E-state index in [0.717, 1.165) is 17.0 Å². The van der Waals surface area contributed by atoms with Crippen LogP contribution in [0.2, 0.25) is 0 Å². The number of methoxy groups -OCH3 is 2. The molecule has 1 saturated heterocycles. The first kappa shape index (κ1) is 59.3. The number of aromatic nitrogens is 1. The summed E-state index contributed by atoms with van der Waals surface area (Å²) in [5.41, 5.74) is 6.66. The van der Waals surface area contributed by atoms with Crippen LogP contribution in [-0.2, 0) is 49.5 Å². The summed E-state index contributed by atoms with van der Waals surface area (Å²) in [4.78, 5) is 105. The van der Waals surface area contributed by atoms with Crippen LogP contribution < -0.4 is 27.0 Å². The maximum Gasteiger partial charge on any atom is 0.245 e. The molecule has 0 spiro atoms. The van der Waals surface area contributed by atoms with Crippen LogP contribution in [0, 0.1) is 23.7 Å². The number of nitrogens with two attached hydrogens (primary N) is 1. The van der Waals surface area contributed by atoms with E-state index >= 15 is 0 Å². The van der Waals surface area contributed by atoms with Crippen molar-refractivity contribution in [3.05, 3.63) is 52.5 Å². The maximum absolute atomic E-state index is 14.7. The number of ether oxygens (including phenoxy) is 2. The molecule has 70 heavy (non-hydrogen) atoms. The van der Waals surface area contributed by atoms with Crippen LogP contribution in [0.4, 0.5) is 0 Å². The van der Waals surface area contributed by atoms with E-state index in [4.69, 9.17) is 15.2 Å². The molecule has 1 fully saturated rings. The summed E-state index contributed by atoms with van der Waals surface area (Å²) in [6.07, 6.45) is 4.56. The number of thiazole rings is 1. The van der Waals surface area contributed by atoms with Gasteiger partial charge in [-0.05, 0) is 68.4 Å². The number of rotatable bonds is 29. The number of nitrogens with one attached hydrogen (secondary N) is 4. The van der Waals surface area contributed by atoms with Crippen molar-refractivity contribution in [1.82, 2.24) is 41.0 Å². The normalized spacial score (nSPS) is 17.6. The Bertz CT molecular complexity index is 1970. The van der Waals surface area contributed by atoms with Crippen LogP contribution in [0.3, 0.4) is 0 Å². The van der Waals surface area contributed by atoms with E-state index in [2.05, 4.69) is 26.3 Å². The van der Waals surface area contributed by atoms with Crippen molar-refractivity contribution >= 4 is 52.7 Å². The smallest absolute Gasteiger partial charge is 0.245 e. The Labute approximate surface area is 420 Å². The predicted octanol–water partition coefficient (Wildman–Crippen LogP) is 3.84. The molecule has 1 aromatic carbocycles. The minimum atomic E-state index is -1.01. The zero-order chi connectivity index (χ0) is 52.2. The lowest BCUT2D eigenvalue weighted by Gasteiger charge is -2.41. The minimum absolute atomic E-state index is 0.0450. The average Bonchev–Trinajstić information content (AvgIpc) is 4.05. The summed E-state index contributed by atoms with van der Waals surface area (Å²) in [7, 11) is 6.23. The number of carbonyl (C=O) groups excluding carboxylic acids is 7. The van der Waals surface area contributed by atoms with Gasteiger partial charge in [-0.2, -0.15) is 0 Å². The molecule has 0 radical (unpaired) electrons. The van der Waals surface area contributed by atoms with Gasteiger partial charge in [0, 0.05) is 53.4 Å². The number of hydrogen-bond acceptors (Lipinski definition) is 12. The number of amides is 7. The Balaban J connectivity index is 1.76. The van der Waals surface area contributed by atoms with Crippen molar-refractivity contribution in [3.8, 4) is 0 Å². The number of hydrogen-bond donors (Lipinski definition) is 5. The number of carbonyl (C=O) groups is 7. The molecular formula is C51H83N9O9S. The van der Waals surface area contributed by atoms with E-state index in [1.165, 1.54) is 37.3 Å². The van der Waals surface area contributed by atoms with Crippen molar-refractivity contribution < 1.29 is 43.0 Å². The monoisotopic (exact) mass is 998 g/mol. The van der Waals surface area contributed by atoms with Crippen LogP contribution >= 0.6 is 11.3 Å². The van der Waals surface area contributed by atoms with Crippen LogP contribution in [0.15, 0.2) is 41.9 Å². The molecule has 7 amide bonds. The highest BCUT2D eigenvalue weighted by molar-refractivity contribution is 7.09. The second-order valence-electron chi connectivity index (χ2n) is 19.4. The second-order valence-corrected chi connectivity index (χ2v) is 20.3. The fourth-order valence-electron chi connectivity index (χ4n) is 9.54. The maximum atomic E-state index is 14.7. The van der Waals surface area contributed by atoms with E-state index < -0.39 is 66.6 Å². The third kappa shape index (κ3) is 16.8. The zero-order valence-corrected chi connectivity index (χ0v) is 44.5. The number of likely N-dealkylation sites (N-methyl/N-ethyl adjacent to an activating group) is 2. The number of unbranched alkanes of at least 4 members (excludes halogenated alkanes) is 1.